The van der Waals surface area contributed by atoms with E-state index in [1.165, 1.54) is 16.4 Å². The normalized spacial score (nSPS) is 17.0. The van der Waals surface area contributed by atoms with E-state index >= 15 is 0 Å². The van der Waals surface area contributed by atoms with Crippen molar-refractivity contribution in [2.45, 2.75) is 50.1 Å². The van der Waals surface area contributed by atoms with Crippen molar-refractivity contribution in [1.29, 1.82) is 0 Å². The Balaban J connectivity index is 2.27. The summed E-state index contributed by atoms with van der Waals surface area (Å²) in [7, 11) is -3.66. The van der Waals surface area contributed by atoms with Gasteiger partial charge in [-0.25, -0.2) is 18.2 Å². The summed E-state index contributed by atoms with van der Waals surface area (Å²) in [4.78, 5) is 14.6. The van der Waals surface area contributed by atoms with Crippen LogP contribution in [0.1, 0.15) is 49.4 Å². The average molecular weight is 312 g/mol. The molecule has 1 aliphatic carbocycles. The number of rotatable bonds is 5. The van der Waals surface area contributed by atoms with E-state index in [0.717, 1.165) is 38.3 Å². The molecule has 0 bridgehead atoms. The summed E-state index contributed by atoms with van der Waals surface area (Å²) >= 11 is 0. The number of carbonyl (C=O) groups is 1. The Hall–Kier alpha value is -1.47. The maximum Gasteiger partial charge on any atom is 0.337 e. The highest BCUT2D eigenvalue weighted by atomic mass is 32.2. The monoisotopic (exact) mass is 312 g/mol. The van der Waals surface area contributed by atoms with E-state index in [2.05, 4.69) is 4.98 Å². The highest BCUT2D eigenvalue weighted by molar-refractivity contribution is 7.89. The smallest absolute Gasteiger partial charge is 0.337 e. The van der Waals surface area contributed by atoms with Gasteiger partial charge in [0, 0.05) is 18.8 Å². The number of hydrogen-bond acceptors (Lipinski definition) is 4. The number of aromatic nitrogens is 1. The van der Waals surface area contributed by atoms with Gasteiger partial charge in [0.1, 0.15) is 0 Å². The Bertz CT molecular complexity index is 592. The van der Waals surface area contributed by atoms with Gasteiger partial charge in [0.15, 0.2) is 5.03 Å². The van der Waals surface area contributed by atoms with Gasteiger partial charge in [0.25, 0.3) is 10.0 Å². The summed E-state index contributed by atoms with van der Waals surface area (Å²) in [6.07, 6.45) is 6.08. The molecule has 0 atom stereocenters. The van der Waals surface area contributed by atoms with Crippen LogP contribution in [0.15, 0.2) is 23.4 Å². The summed E-state index contributed by atoms with van der Waals surface area (Å²) in [6, 6.07) is 2.57. The van der Waals surface area contributed by atoms with Crippen LogP contribution in [-0.4, -0.2) is 41.4 Å². The summed E-state index contributed by atoms with van der Waals surface area (Å²) in [5.74, 6) is -1.12. The van der Waals surface area contributed by atoms with Crippen LogP contribution in [0.3, 0.4) is 0 Å². The van der Waals surface area contributed by atoms with Gasteiger partial charge in [0.05, 0.1) is 5.56 Å². The quantitative estimate of drug-likeness (QED) is 0.900. The number of nitrogens with zero attached hydrogens (tertiary/aromatic N) is 2. The van der Waals surface area contributed by atoms with Crippen LogP contribution in [0.25, 0.3) is 0 Å². The lowest BCUT2D eigenvalue weighted by Gasteiger charge is -2.32. The van der Waals surface area contributed by atoms with E-state index in [-0.39, 0.29) is 16.6 Å². The standard InChI is InChI=1S/C14H20N2O4S/c1-2-16(12-6-4-3-5-7-12)21(19,20)13-9-8-11(10-15-13)14(17)18/h8-10,12H,2-7H2,1H3,(H,17,18). The third kappa shape index (κ3) is 3.41. The van der Waals surface area contributed by atoms with Crippen LogP contribution >= 0.6 is 0 Å². The number of carboxylic acids is 1. The highest BCUT2D eigenvalue weighted by Crippen LogP contribution is 2.26. The van der Waals surface area contributed by atoms with Gasteiger partial charge >= 0.3 is 5.97 Å². The lowest BCUT2D eigenvalue weighted by Crippen LogP contribution is -2.41. The van der Waals surface area contributed by atoms with Crippen molar-refractivity contribution in [2.24, 2.45) is 0 Å². The third-order valence-corrected chi connectivity index (χ3v) is 5.79. The minimum Gasteiger partial charge on any atom is -0.478 e. The molecule has 2 rings (SSSR count). The Morgan fingerprint density at radius 3 is 2.48 bits per heavy atom. The zero-order valence-electron chi connectivity index (χ0n) is 12.0. The predicted molar refractivity (Wildman–Crippen MR) is 77.6 cm³/mol. The fourth-order valence-corrected chi connectivity index (χ4v) is 4.38. The third-order valence-electron chi connectivity index (χ3n) is 3.85. The predicted octanol–water partition coefficient (Wildman–Crippen LogP) is 2.12. The molecule has 0 aromatic carbocycles. The molecule has 1 aromatic heterocycles. The molecule has 0 saturated heterocycles. The number of sulfonamides is 1. The van der Waals surface area contributed by atoms with Crippen LogP contribution in [0, 0.1) is 0 Å². The maximum absolute atomic E-state index is 12.7. The zero-order chi connectivity index (χ0) is 15.5. The largest absolute Gasteiger partial charge is 0.478 e. The van der Waals surface area contributed by atoms with Crippen LogP contribution in [0.5, 0.6) is 0 Å². The first-order valence-corrected chi connectivity index (χ1v) is 8.62. The first kappa shape index (κ1) is 15.9. The van der Waals surface area contributed by atoms with E-state index in [9.17, 15) is 13.2 Å². The number of pyridine rings is 1. The van der Waals surface area contributed by atoms with Crippen molar-refractivity contribution in [3.05, 3.63) is 23.9 Å². The second-order valence-electron chi connectivity index (χ2n) is 5.19. The second-order valence-corrected chi connectivity index (χ2v) is 7.03. The molecule has 1 N–H and O–H groups in total. The van der Waals surface area contributed by atoms with Gasteiger partial charge in [-0.15, -0.1) is 0 Å². The van der Waals surface area contributed by atoms with Crippen molar-refractivity contribution in [2.75, 3.05) is 6.54 Å². The lowest BCUT2D eigenvalue weighted by atomic mass is 9.95. The Morgan fingerprint density at radius 1 is 1.33 bits per heavy atom. The maximum atomic E-state index is 12.7. The fraction of sp³-hybridized carbons (Fsp3) is 0.571. The Kier molecular flexibility index (Phi) is 4.95. The van der Waals surface area contributed by atoms with Crippen molar-refractivity contribution in [3.63, 3.8) is 0 Å². The number of carboxylic acid groups (broad SMARTS) is 1. The summed E-state index contributed by atoms with van der Waals surface area (Å²) in [5.41, 5.74) is -0.0188. The van der Waals surface area contributed by atoms with Gasteiger partial charge in [-0.1, -0.05) is 26.2 Å². The zero-order valence-corrected chi connectivity index (χ0v) is 12.8. The van der Waals surface area contributed by atoms with E-state index in [1.807, 2.05) is 6.92 Å². The molecule has 0 aliphatic heterocycles. The molecular formula is C14H20N2O4S. The molecule has 1 aliphatic rings. The van der Waals surface area contributed by atoms with Gasteiger partial charge in [-0.2, -0.15) is 4.31 Å². The number of aromatic carboxylic acids is 1. The lowest BCUT2D eigenvalue weighted by molar-refractivity contribution is 0.0696. The molecule has 0 amide bonds. The second kappa shape index (κ2) is 6.53. The SMILES string of the molecule is CCN(C1CCCCC1)S(=O)(=O)c1ccc(C(=O)O)cn1. The van der Waals surface area contributed by atoms with E-state index in [4.69, 9.17) is 5.11 Å². The van der Waals surface area contributed by atoms with Gasteiger partial charge in [0.2, 0.25) is 0 Å². The first-order valence-electron chi connectivity index (χ1n) is 7.18. The van der Waals surface area contributed by atoms with Crippen molar-refractivity contribution >= 4 is 16.0 Å². The molecule has 6 nitrogen and oxygen atoms in total. The van der Waals surface area contributed by atoms with Crippen molar-refractivity contribution in [3.8, 4) is 0 Å². The van der Waals surface area contributed by atoms with Gasteiger partial charge < -0.3 is 5.11 Å². The van der Waals surface area contributed by atoms with E-state index in [1.54, 1.807) is 0 Å². The molecule has 1 saturated carbocycles. The molecule has 116 valence electrons. The highest BCUT2D eigenvalue weighted by Gasteiger charge is 2.32. The van der Waals surface area contributed by atoms with Crippen LogP contribution < -0.4 is 0 Å². The molecule has 7 heteroatoms. The first-order chi connectivity index (χ1) is 9.96. The Labute approximate surface area is 124 Å². The molecule has 0 radical (unpaired) electrons. The molecule has 21 heavy (non-hydrogen) atoms. The van der Waals surface area contributed by atoms with Crippen LogP contribution in [-0.2, 0) is 10.0 Å². The Morgan fingerprint density at radius 2 is 2.00 bits per heavy atom. The summed E-state index contributed by atoms with van der Waals surface area (Å²) in [5, 5.41) is 8.75. The molecule has 0 spiro atoms. The van der Waals surface area contributed by atoms with Crippen molar-refractivity contribution in [1.82, 2.24) is 9.29 Å². The van der Waals surface area contributed by atoms with E-state index in [0.29, 0.717) is 6.54 Å². The molecule has 0 unspecified atom stereocenters. The minimum atomic E-state index is -3.66. The van der Waals surface area contributed by atoms with Crippen LogP contribution in [0.4, 0.5) is 0 Å². The summed E-state index contributed by atoms with van der Waals surface area (Å²) in [6.45, 7) is 2.22. The van der Waals surface area contributed by atoms with Crippen LogP contribution in [0.2, 0.25) is 0 Å². The summed E-state index contributed by atoms with van der Waals surface area (Å²) < 4.78 is 26.8. The minimum absolute atomic E-state index is 0.0188. The van der Waals surface area contributed by atoms with E-state index < -0.39 is 16.0 Å². The fourth-order valence-electron chi connectivity index (χ4n) is 2.77. The van der Waals surface area contributed by atoms with Crippen molar-refractivity contribution < 1.29 is 18.3 Å². The molecule has 1 heterocycles. The average Bonchev–Trinajstić information content (AvgIpc) is 2.49. The molecule has 1 fully saturated rings. The molecular weight excluding hydrogens is 292 g/mol. The topological polar surface area (TPSA) is 87.6 Å². The van der Waals surface area contributed by atoms with Gasteiger partial charge in [-0.05, 0) is 25.0 Å². The number of hydrogen-bond donors (Lipinski definition) is 1. The molecule has 1 aromatic rings. The van der Waals surface area contributed by atoms with Gasteiger partial charge in [-0.3, -0.25) is 0 Å².